The van der Waals surface area contributed by atoms with Crippen LogP contribution in [0.4, 0.5) is 10.1 Å². The molecule has 1 aliphatic rings. The summed E-state index contributed by atoms with van der Waals surface area (Å²) in [4.78, 5) is 12.2. The summed E-state index contributed by atoms with van der Waals surface area (Å²) >= 11 is 1.63. The molecule has 0 atom stereocenters. The van der Waals surface area contributed by atoms with Gasteiger partial charge in [-0.25, -0.2) is 4.39 Å². The van der Waals surface area contributed by atoms with E-state index in [9.17, 15) is 9.18 Å². The Morgan fingerprint density at radius 2 is 2.36 bits per heavy atom. The first kappa shape index (κ1) is 9.52. The van der Waals surface area contributed by atoms with Gasteiger partial charge in [-0.15, -0.1) is 11.8 Å². The third-order valence-corrected chi connectivity index (χ3v) is 3.13. The number of hydrogen-bond acceptors (Lipinski definition) is 2. The predicted molar refractivity (Wildman–Crippen MR) is 55.2 cm³/mol. The molecule has 0 bridgehead atoms. The summed E-state index contributed by atoms with van der Waals surface area (Å²) in [5, 5.41) is 2.77. The number of anilines is 1. The van der Waals surface area contributed by atoms with Gasteiger partial charge in [0.1, 0.15) is 6.67 Å². The fourth-order valence-electron chi connectivity index (χ4n) is 1.35. The first-order valence-corrected chi connectivity index (χ1v) is 5.39. The minimum atomic E-state index is -0.492. The van der Waals surface area contributed by atoms with Crippen LogP contribution in [0.15, 0.2) is 23.1 Å². The van der Waals surface area contributed by atoms with Crippen LogP contribution >= 0.6 is 11.8 Å². The molecule has 2 nitrogen and oxygen atoms in total. The summed E-state index contributed by atoms with van der Waals surface area (Å²) in [7, 11) is 0. The van der Waals surface area contributed by atoms with Crippen molar-refractivity contribution in [2.75, 3.05) is 11.1 Å². The summed E-state index contributed by atoms with van der Waals surface area (Å²) < 4.78 is 12.4. The molecule has 2 rings (SSSR count). The van der Waals surface area contributed by atoms with Crippen LogP contribution in [0.3, 0.4) is 0 Å². The van der Waals surface area contributed by atoms with Crippen molar-refractivity contribution < 1.29 is 9.18 Å². The maximum absolute atomic E-state index is 12.4. The largest absolute Gasteiger partial charge is 0.325 e. The molecule has 1 heterocycles. The molecule has 0 saturated heterocycles. The number of alkyl halides is 1. The lowest BCUT2D eigenvalue weighted by Crippen LogP contribution is -2.10. The number of thioether (sulfide) groups is 1. The molecule has 4 heteroatoms. The Balaban J connectivity index is 2.36. The van der Waals surface area contributed by atoms with Crippen LogP contribution < -0.4 is 5.32 Å². The highest BCUT2D eigenvalue weighted by Crippen LogP contribution is 2.31. The quantitative estimate of drug-likeness (QED) is 0.773. The van der Waals surface area contributed by atoms with E-state index >= 15 is 0 Å². The first-order valence-electron chi connectivity index (χ1n) is 4.41. The highest BCUT2D eigenvalue weighted by atomic mass is 32.2. The van der Waals surface area contributed by atoms with Crippen molar-refractivity contribution >= 4 is 23.4 Å². The van der Waals surface area contributed by atoms with E-state index in [1.165, 1.54) is 0 Å². The molecule has 0 radical (unpaired) electrons. The first-order chi connectivity index (χ1) is 6.79. The molecule has 1 aromatic carbocycles. The second-order valence-electron chi connectivity index (χ2n) is 3.11. The van der Waals surface area contributed by atoms with Gasteiger partial charge in [-0.1, -0.05) is 6.07 Å². The van der Waals surface area contributed by atoms with Crippen molar-refractivity contribution in [3.05, 3.63) is 23.8 Å². The normalized spacial score (nSPS) is 15.6. The zero-order valence-electron chi connectivity index (χ0n) is 7.55. The number of benzene rings is 1. The monoisotopic (exact) mass is 211 g/mol. The van der Waals surface area contributed by atoms with E-state index in [-0.39, 0.29) is 5.91 Å². The predicted octanol–water partition coefficient (Wildman–Crippen LogP) is 2.59. The average Bonchev–Trinajstić information content (AvgIpc) is 2.37. The molecule has 1 amide bonds. The average molecular weight is 211 g/mol. The molecule has 0 aliphatic carbocycles. The molecule has 1 aliphatic heterocycles. The van der Waals surface area contributed by atoms with Gasteiger partial charge in [0.05, 0.1) is 5.69 Å². The number of carbonyl (C=O) groups is 1. The molecule has 1 N–H and O–H groups in total. The van der Waals surface area contributed by atoms with Crippen molar-refractivity contribution in [1.82, 2.24) is 0 Å². The van der Waals surface area contributed by atoms with E-state index in [2.05, 4.69) is 5.32 Å². The molecule has 74 valence electrons. The van der Waals surface area contributed by atoms with Crippen molar-refractivity contribution in [3.8, 4) is 0 Å². The Morgan fingerprint density at radius 1 is 1.50 bits per heavy atom. The Morgan fingerprint density at radius 3 is 3.14 bits per heavy atom. The molecule has 1 aromatic rings. The van der Waals surface area contributed by atoms with E-state index in [0.29, 0.717) is 12.0 Å². The summed E-state index contributed by atoms with van der Waals surface area (Å²) in [5.74, 6) is 0.792. The molecule has 0 spiro atoms. The Hall–Kier alpha value is -1.03. The zero-order valence-corrected chi connectivity index (χ0v) is 8.36. The van der Waals surface area contributed by atoms with Gasteiger partial charge in [0, 0.05) is 17.1 Å². The van der Waals surface area contributed by atoms with E-state index in [4.69, 9.17) is 0 Å². The summed E-state index contributed by atoms with van der Waals surface area (Å²) in [6, 6.07) is 5.31. The van der Waals surface area contributed by atoms with Gasteiger partial charge in [0.2, 0.25) is 5.91 Å². The molecule has 14 heavy (non-hydrogen) atoms. The SMILES string of the molecule is O=C1CCSc2ccc(CF)cc2N1. The molecule has 0 unspecified atom stereocenters. The smallest absolute Gasteiger partial charge is 0.225 e. The van der Waals surface area contributed by atoms with Crippen LogP contribution in [-0.4, -0.2) is 11.7 Å². The topological polar surface area (TPSA) is 29.1 Å². The Bertz CT molecular complexity index is 367. The third kappa shape index (κ3) is 1.90. The number of nitrogens with one attached hydrogen (secondary N) is 1. The number of amides is 1. The standard InChI is InChI=1S/C10H10FNOS/c11-6-7-1-2-9-8(5-7)12-10(13)3-4-14-9/h1-2,5H,3-4,6H2,(H,12,13). The lowest BCUT2D eigenvalue weighted by atomic mass is 10.2. The van der Waals surface area contributed by atoms with Gasteiger partial charge in [-0.2, -0.15) is 0 Å². The van der Waals surface area contributed by atoms with Gasteiger partial charge in [0.15, 0.2) is 0 Å². The number of halogens is 1. The molecule has 0 saturated carbocycles. The van der Waals surface area contributed by atoms with Gasteiger partial charge in [0.25, 0.3) is 0 Å². The fraction of sp³-hybridized carbons (Fsp3) is 0.300. The molecular formula is C10H10FNOS. The van der Waals surface area contributed by atoms with Crippen LogP contribution in [0, 0.1) is 0 Å². The summed E-state index contributed by atoms with van der Waals surface area (Å²) in [6.45, 7) is -0.492. The van der Waals surface area contributed by atoms with Gasteiger partial charge < -0.3 is 5.32 Å². The van der Waals surface area contributed by atoms with Gasteiger partial charge in [-0.3, -0.25) is 4.79 Å². The lowest BCUT2D eigenvalue weighted by Gasteiger charge is -2.06. The maximum atomic E-state index is 12.4. The molecule has 0 aromatic heterocycles. The Labute approximate surface area is 85.9 Å². The Kier molecular flexibility index (Phi) is 2.72. The van der Waals surface area contributed by atoms with Gasteiger partial charge in [-0.05, 0) is 17.7 Å². The lowest BCUT2D eigenvalue weighted by molar-refractivity contribution is -0.115. The van der Waals surface area contributed by atoms with E-state index < -0.39 is 6.67 Å². The number of hydrogen-bond donors (Lipinski definition) is 1. The highest BCUT2D eigenvalue weighted by Gasteiger charge is 2.13. The number of fused-ring (bicyclic) bond motifs is 1. The van der Waals surface area contributed by atoms with Crippen molar-refractivity contribution in [2.45, 2.75) is 18.0 Å². The van der Waals surface area contributed by atoms with Crippen molar-refractivity contribution in [1.29, 1.82) is 0 Å². The fourth-order valence-corrected chi connectivity index (χ4v) is 2.29. The van der Waals surface area contributed by atoms with Crippen LogP contribution in [0.25, 0.3) is 0 Å². The van der Waals surface area contributed by atoms with Crippen LogP contribution in [0.1, 0.15) is 12.0 Å². The molecular weight excluding hydrogens is 201 g/mol. The number of rotatable bonds is 1. The minimum absolute atomic E-state index is 0.00672. The van der Waals surface area contributed by atoms with E-state index in [0.717, 1.165) is 16.3 Å². The third-order valence-electron chi connectivity index (χ3n) is 2.06. The summed E-state index contributed by atoms with van der Waals surface area (Å²) in [5.41, 5.74) is 1.35. The van der Waals surface area contributed by atoms with Gasteiger partial charge >= 0.3 is 0 Å². The maximum Gasteiger partial charge on any atom is 0.225 e. The summed E-state index contributed by atoms with van der Waals surface area (Å²) in [6.07, 6.45) is 0.518. The van der Waals surface area contributed by atoms with Crippen molar-refractivity contribution in [2.24, 2.45) is 0 Å². The second-order valence-corrected chi connectivity index (χ2v) is 4.25. The zero-order chi connectivity index (χ0) is 9.97. The number of carbonyl (C=O) groups excluding carboxylic acids is 1. The minimum Gasteiger partial charge on any atom is -0.325 e. The van der Waals surface area contributed by atoms with Crippen LogP contribution in [-0.2, 0) is 11.5 Å². The molecule has 0 fully saturated rings. The van der Waals surface area contributed by atoms with E-state index in [1.54, 1.807) is 23.9 Å². The van der Waals surface area contributed by atoms with Crippen LogP contribution in [0.5, 0.6) is 0 Å². The van der Waals surface area contributed by atoms with Crippen LogP contribution in [0.2, 0.25) is 0 Å². The highest BCUT2D eigenvalue weighted by molar-refractivity contribution is 7.99. The van der Waals surface area contributed by atoms with Crippen molar-refractivity contribution in [3.63, 3.8) is 0 Å². The second kappa shape index (κ2) is 4.00. The van der Waals surface area contributed by atoms with E-state index in [1.807, 2.05) is 6.07 Å².